The summed E-state index contributed by atoms with van der Waals surface area (Å²) in [4.78, 5) is 0. The first-order valence-corrected chi connectivity index (χ1v) is 5.74. The summed E-state index contributed by atoms with van der Waals surface area (Å²) in [7, 11) is 1.72. The molecule has 88 valence electrons. The minimum atomic E-state index is 0.0425. The lowest BCUT2D eigenvalue weighted by atomic mass is 9.99. The van der Waals surface area contributed by atoms with Gasteiger partial charge in [0, 0.05) is 19.6 Å². The lowest BCUT2D eigenvalue weighted by Gasteiger charge is -2.17. The van der Waals surface area contributed by atoms with Crippen molar-refractivity contribution in [3.05, 3.63) is 29.3 Å². The standard InChI is InChI=1S/C13H19NO2/c1-9(15-2)7-12(14)10-3-4-13-11(8-10)5-6-16-13/h3-4,8-9,12H,5-7,14H2,1-2H3. The van der Waals surface area contributed by atoms with Crippen LogP contribution >= 0.6 is 0 Å². The molecular formula is C13H19NO2. The van der Waals surface area contributed by atoms with Gasteiger partial charge in [-0.3, -0.25) is 0 Å². The number of fused-ring (bicyclic) bond motifs is 1. The predicted octanol–water partition coefficient (Wildman–Crippen LogP) is 2.05. The molecule has 1 aliphatic rings. The number of rotatable bonds is 4. The van der Waals surface area contributed by atoms with Gasteiger partial charge >= 0.3 is 0 Å². The average molecular weight is 221 g/mol. The van der Waals surface area contributed by atoms with E-state index in [1.165, 1.54) is 11.1 Å². The second-order valence-electron chi connectivity index (χ2n) is 4.35. The molecule has 0 aliphatic carbocycles. The predicted molar refractivity (Wildman–Crippen MR) is 63.7 cm³/mol. The highest BCUT2D eigenvalue weighted by Crippen LogP contribution is 2.28. The van der Waals surface area contributed by atoms with Crippen molar-refractivity contribution in [3.63, 3.8) is 0 Å². The number of hydrogen-bond acceptors (Lipinski definition) is 3. The highest BCUT2D eigenvalue weighted by atomic mass is 16.5. The van der Waals surface area contributed by atoms with Crippen molar-refractivity contribution >= 4 is 0 Å². The van der Waals surface area contributed by atoms with Crippen LogP contribution < -0.4 is 10.5 Å². The first-order valence-electron chi connectivity index (χ1n) is 5.74. The van der Waals surface area contributed by atoms with Gasteiger partial charge in [-0.1, -0.05) is 12.1 Å². The molecule has 0 amide bonds. The quantitative estimate of drug-likeness (QED) is 0.846. The van der Waals surface area contributed by atoms with Crippen molar-refractivity contribution in [1.82, 2.24) is 0 Å². The Balaban J connectivity index is 2.09. The normalized spacial score (nSPS) is 17.7. The zero-order chi connectivity index (χ0) is 11.5. The zero-order valence-corrected chi connectivity index (χ0v) is 9.90. The van der Waals surface area contributed by atoms with E-state index in [-0.39, 0.29) is 12.1 Å². The Labute approximate surface area is 96.5 Å². The van der Waals surface area contributed by atoms with E-state index in [4.69, 9.17) is 15.2 Å². The van der Waals surface area contributed by atoms with Crippen LogP contribution in [-0.2, 0) is 11.2 Å². The Morgan fingerprint density at radius 1 is 1.50 bits per heavy atom. The van der Waals surface area contributed by atoms with Crippen LogP contribution in [0.1, 0.15) is 30.5 Å². The van der Waals surface area contributed by atoms with Gasteiger partial charge in [0.2, 0.25) is 0 Å². The number of ether oxygens (including phenoxy) is 2. The van der Waals surface area contributed by atoms with E-state index in [1.807, 2.05) is 13.0 Å². The van der Waals surface area contributed by atoms with Gasteiger partial charge in [0.1, 0.15) is 5.75 Å². The van der Waals surface area contributed by atoms with Crippen LogP contribution in [0.3, 0.4) is 0 Å². The van der Waals surface area contributed by atoms with Gasteiger partial charge in [-0.05, 0) is 30.5 Å². The smallest absolute Gasteiger partial charge is 0.122 e. The fourth-order valence-corrected chi connectivity index (χ4v) is 2.03. The summed E-state index contributed by atoms with van der Waals surface area (Å²) < 4.78 is 10.7. The molecule has 0 aromatic heterocycles. The maximum absolute atomic E-state index is 6.14. The highest BCUT2D eigenvalue weighted by Gasteiger charge is 2.16. The van der Waals surface area contributed by atoms with Crippen molar-refractivity contribution in [2.45, 2.75) is 31.9 Å². The summed E-state index contributed by atoms with van der Waals surface area (Å²) >= 11 is 0. The van der Waals surface area contributed by atoms with Gasteiger partial charge in [-0.15, -0.1) is 0 Å². The average Bonchev–Trinajstić information content (AvgIpc) is 2.75. The molecule has 2 rings (SSSR count). The maximum atomic E-state index is 6.14. The second kappa shape index (κ2) is 4.85. The molecule has 0 bridgehead atoms. The third kappa shape index (κ3) is 2.36. The summed E-state index contributed by atoms with van der Waals surface area (Å²) in [5.74, 6) is 1.01. The molecule has 3 heteroatoms. The largest absolute Gasteiger partial charge is 0.493 e. The van der Waals surface area contributed by atoms with Crippen LogP contribution in [0.25, 0.3) is 0 Å². The second-order valence-corrected chi connectivity index (χ2v) is 4.35. The monoisotopic (exact) mass is 221 g/mol. The van der Waals surface area contributed by atoms with Crippen molar-refractivity contribution in [2.75, 3.05) is 13.7 Å². The van der Waals surface area contributed by atoms with Gasteiger partial charge in [0.05, 0.1) is 12.7 Å². The Morgan fingerprint density at radius 3 is 3.06 bits per heavy atom. The number of methoxy groups -OCH3 is 1. The summed E-state index contributed by atoms with van der Waals surface area (Å²) in [5, 5.41) is 0. The Morgan fingerprint density at radius 2 is 2.31 bits per heavy atom. The summed E-state index contributed by atoms with van der Waals surface area (Å²) in [5.41, 5.74) is 8.59. The van der Waals surface area contributed by atoms with Gasteiger partial charge in [0.15, 0.2) is 0 Å². The van der Waals surface area contributed by atoms with Gasteiger partial charge < -0.3 is 15.2 Å². The molecule has 2 N–H and O–H groups in total. The van der Waals surface area contributed by atoms with Crippen LogP contribution in [0.2, 0.25) is 0 Å². The number of benzene rings is 1. The summed E-state index contributed by atoms with van der Waals surface area (Å²) in [6.45, 7) is 2.83. The SMILES string of the molecule is COC(C)CC(N)c1ccc2c(c1)CCO2. The highest BCUT2D eigenvalue weighted by molar-refractivity contribution is 5.40. The van der Waals surface area contributed by atoms with E-state index in [1.54, 1.807) is 7.11 Å². The fraction of sp³-hybridized carbons (Fsp3) is 0.538. The third-order valence-corrected chi connectivity index (χ3v) is 3.13. The first kappa shape index (κ1) is 11.4. The van der Waals surface area contributed by atoms with E-state index >= 15 is 0 Å². The zero-order valence-electron chi connectivity index (χ0n) is 9.90. The minimum Gasteiger partial charge on any atom is -0.493 e. The molecule has 1 aromatic rings. The van der Waals surface area contributed by atoms with E-state index in [9.17, 15) is 0 Å². The molecule has 0 fully saturated rings. The molecule has 2 unspecified atom stereocenters. The molecule has 1 heterocycles. The summed E-state index contributed by atoms with van der Waals surface area (Å²) in [6, 6.07) is 6.28. The molecule has 0 radical (unpaired) electrons. The lowest BCUT2D eigenvalue weighted by molar-refractivity contribution is 0.104. The molecule has 1 aromatic carbocycles. The molecule has 16 heavy (non-hydrogen) atoms. The van der Waals surface area contributed by atoms with Crippen molar-refractivity contribution in [2.24, 2.45) is 5.73 Å². The number of nitrogens with two attached hydrogens (primary N) is 1. The Bertz CT molecular complexity index is 365. The van der Waals surface area contributed by atoms with Crippen molar-refractivity contribution in [3.8, 4) is 5.75 Å². The van der Waals surface area contributed by atoms with Crippen LogP contribution in [-0.4, -0.2) is 19.8 Å². The van der Waals surface area contributed by atoms with Gasteiger partial charge in [0.25, 0.3) is 0 Å². The van der Waals surface area contributed by atoms with Crippen LogP contribution in [0.4, 0.5) is 0 Å². The first-order chi connectivity index (χ1) is 7.70. The Hall–Kier alpha value is -1.06. The minimum absolute atomic E-state index is 0.0425. The summed E-state index contributed by atoms with van der Waals surface area (Å²) in [6.07, 6.45) is 2.03. The Kier molecular flexibility index (Phi) is 3.46. The molecule has 0 saturated heterocycles. The van der Waals surface area contributed by atoms with E-state index in [0.717, 1.165) is 25.2 Å². The van der Waals surface area contributed by atoms with Crippen LogP contribution in [0.15, 0.2) is 18.2 Å². The van der Waals surface area contributed by atoms with E-state index in [0.29, 0.717) is 0 Å². The molecule has 0 spiro atoms. The number of hydrogen-bond donors (Lipinski definition) is 1. The fourth-order valence-electron chi connectivity index (χ4n) is 2.03. The topological polar surface area (TPSA) is 44.5 Å². The van der Waals surface area contributed by atoms with Crippen molar-refractivity contribution in [1.29, 1.82) is 0 Å². The lowest BCUT2D eigenvalue weighted by Crippen LogP contribution is -2.18. The third-order valence-electron chi connectivity index (χ3n) is 3.13. The molecule has 3 nitrogen and oxygen atoms in total. The van der Waals surface area contributed by atoms with Gasteiger partial charge in [-0.2, -0.15) is 0 Å². The van der Waals surface area contributed by atoms with Gasteiger partial charge in [-0.25, -0.2) is 0 Å². The van der Waals surface area contributed by atoms with Crippen LogP contribution in [0, 0.1) is 0 Å². The van der Waals surface area contributed by atoms with Crippen LogP contribution in [0.5, 0.6) is 5.75 Å². The molecular weight excluding hydrogens is 202 g/mol. The van der Waals surface area contributed by atoms with E-state index in [2.05, 4.69) is 12.1 Å². The van der Waals surface area contributed by atoms with E-state index < -0.39 is 0 Å². The molecule has 0 saturated carbocycles. The molecule has 2 atom stereocenters. The maximum Gasteiger partial charge on any atom is 0.122 e. The molecule has 1 aliphatic heterocycles. The van der Waals surface area contributed by atoms with Crippen molar-refractivity contribution < 1.29 is 9.47 Å².